The Kier molecular flexibility index (Phi) is 5.73. The molecule has 94 valence electrons. The van der Waals surface area contributed by atoms with Crippen molar-refractivity contribution in [1.29, 1.82) is 0 Å². The van der Waals surface area contributed by atoms with Gasteiger partial charge in [0.25, 0.3) is 0 Å². The zero-order valence-electron chi connectivity index (χ0n) is 10.2. The van der Waals surface area contributed by atoms with Gasteiger partial charge in [0, 0.05) is 38.1 Å². The van der Waals surface area contributed by atoms with Gasteiger partial charge in [-0.1, -0.05) is 6.92 Å². The molecule has 5 heteroatoms. The Hall–Kier alpha value is -0.650. The zero-order valence-corrected chi connectivity index (χ0v) is 10.2. The second kappa shape index (κ2) is 6.83. The van der Waals surface area contributed by atoms with Crippen LogP contribution in [0.4, 0.5) is 0 Å². The van der Waals surface area contributed by atoms with Crippen LogP contribution in [0.2, 0.25) is 0 Å². The van der Waals surface area contributed by atoms with E-state index < -0.39 is 0 Å². The molecule has 1 rings (SSSR count). The molecule has 0 aromatic heterocycles. The summed E-state index contributed by atoms with van der Waals surface area (Å²) in [5.74, 6) is -0.0504. The van der Waals surface area contributed by atoms with Gasteiger partial charge in [-0.15, -0.1) is 0 Å². The highest BCUT2D eigenvalue weighted by atomic mass is 16.5. The molecule has 2 atom stereocenters. The number of ether oxygens (including phenoxy) is 1. The van der Waals surface area contributed by atoms with E-state index in [0.29, 0.717) is 19.1 Å². The Bertz CT molecular complexity index is 223. The van der Waals surface area contributed by atoms with Crippen molar-refractivity contribution >= 4 is 5.91 Å². The van der Waals surface area contributed by atoms with Gasteiger partial charge in [0.2, 0.25) is 5.91 Å². The lowest BCUT2D eigenvalue weighted by Gasteiger charge is -2.33. The minimum absolute atomic E-state index is 0.0448. The quantitative estimate of drug-likeness (QED) is 0.662. The molecule has 0 saturated carbocycles. The molecule has 1 aliphatic heterocycles. The van der Waals surface area contributed by atoms with E-state index in [0.717, 1.165) is 26.3 Å². The number of amides is 1. The monoisotopic (exact) mass is 229 g/mol. The van der Waals surface area contributed by atoms with E-state index in [9.17, 15) is 4.79 Å². The molecule has 1 fully saturated rings. The first kappa shape index (κ1) is 13.4. The molecule has 16 heavy (non-hydrogen) atoms. The number of morpholine rings is 1. The van der Waals surface area contributed by atoms with Crippen molar-refractivity contribution < 1.29 is 9.53 Å². The Balaban J connectivity index is 2.16. The predicted octanol–water partition coefficient (Wildman–Crippen LogP) is -0.582. The normalized spacial score (nSPS) is 24.1. The fourth-order valence-corrected chi connectivity index (χ4v) is 1.70. The lowest BCUT2D eigenvalue weighted by atomic mass is 10.2. The fraction of sp³-hybridized carbons (Fsp3) is 0.909. The molecular formula is C11H23N3O2. The fourth-order valence-electron chi connectivity index (χ4n) is 1.70. The molecule has 2 unspecified atom stereocenters. The third-order valence-electron chi connectivity index (χ3n) is 3.00. The van der Waals surface area contributed by atoms with Crippen molar-refractivity contribution in [3.05, 3.63) is 0 Å². The van der Waals surface area contributed by atoms with Crippen LogP contribution in [0.25, 0.3) is 0 Å². The van der Waals surface area contributed by atoms with E-state index in [1.165, 1.54) is 0 Å². The van der Waals surface area contributed by atoms with Crippen LogP contribution in [-0.2, 0) is 9.53 Å². The number of rotatable bonds is 5. The van der Waals surface area contributed by atoms with Gasteiger partial charge >= 0.3 is 0 Å². The number of nitrogens with one attached hydrogen (secondary N) is 1. The molecule has 0 radical (unpaired) electrons. The molecule has 5 nitrogen and oxygen atoms in total. The minimum atomic E-state index is -0.0953. The highest BCUT2D eigenvalue weighted by Crippen LogP contribution is 2.04. The van der Waals surface area contributed by atoms with Crippen molar-refractivity contribution in [2.75, 3.05) is 39.4 Å². The smallest absolute Gasteiger partial charge is 0.224 e. The standard InChI is InChI=1S/C11H23N3O2/c1-9(7-12)11(15)13-3-4-14-5-6-16-8-10(14)2/h9-10H,3-8,12H2,1-2H3,(H,13,15). The third-order valence-corrected chi connectivity index (χ3v) is 3.00. The van der Waals surface area contributed by atoms with Crippen LogP contribution in [0.3, 0.4) is 0 Å². The number of hydrogen-bond donors (Lipinski definition) is 2. The van der Waals surface area contributed by atoms with Crippen molar-refractivity contribution in [2.45, 2.75) is 19.9 Å². The van der Waals surface area contributed by atoms with Gasteiger partial charge in [-0.2, -0.15) is 0 Å². The van der Waals surface area contributed by atoms with E-state index in [1.54, 1.807) is 0 Å². The molecule has 0 aromatic rings. The van der Waals surface area contributed by atoms with E-state index in [1.807, 2.05) is 6.92 Å². The van der Waals surface area contributed by atoms with Crippen molar-refractivity contribution in [2.24, 2.45) is 11.7 Å². The second-order valence-electron chi connectivity index (χ2n) is 4.39. The number of hydrogen-bond acceptors (Lipinski definition) is 4. The maximum atomic E-state index is 11.5. The van der Waals surface area contributed by atoms with E-state index >= 15 is 0 Å². The Morgan fingerprint density at radius 3 is 3.06 bits per heavy atom. The lowest BCUT2D eigenvalue weighted by molar-refractivity contribution is -0.124. The first-order chi connectivity index (χ1) is 7.65. The topological polar surface area (TPSA) is 67.6 Å². The Morgan fingerprint density at radius 2 is 2.44 bits per heavy atom. The van der Waals surface area contributed by atoms with Crippen LogP contribution in [0, 0.1) is 5.92 Å². The van der Waals surface area contributed by atoms with Crippen LogP contribution >= 0.6 is 0 Å². The summed E-state index contributed by atoms with van der Waals surface area (Å²) in [5.41, 5.74) is 5.42. The highest BCUT2D eigenvalue weighted by Gasteiger charge is 2.18. The SMILES string of the molecule is CC(CN)C(=O)NCCN1CCOCC1C. The largest absolute Gasteiger partial charge is 0.379 e. The van der Waals surface area contributed by atoms with Crippen LogP contribution in [-0.4, -0.2) is 56.2 Å². The predicted molar refractivity (Wildman–Crippen MR) is 63.1 cm³/mol. The molecular weight excluding hydrogens is 206 g/mol. The maximum absolute atomic E-state index is 11.5. The summed E-state index contributed by atoms with van der Waals surface area (Å²) in [6, 6.07) is 0.442. The van der Waals surface area contributed by atoms with E-state index in [-0.39, 0.29) is 11.8 Å². The third kappa shape index (κ3) is 4.08. The summed E-state index contributed by atoms with van der Waals surface area (Å²) in [6.07, 6.45) is 0. The maximum Gasteiger partial charge on any atom is 0.224 e. The van der Waals surface area contributed by atoms with Crippen LogP contribution < -0.4 is 11.1 Å². The van der Waals surface area contributed by atoms with Gasteiger partial charge < -0.3 is 15.8 Å². The van der Waals surface area contributed by atoms with Crippen molar-refractivity contribution in [3.63, 3.8) is 0 Å². The van der Waals surface area contributed by atoms with Crippen molar-refractivity contribution in [1.82, 2.24) is 10.2 Å². The lowest BCUT2D eigenvalue weighted by Crippen LogP contribution is -2.47. The second-order valence-corrected chi connectivity index (χ2v) is 4.39. The zero-order chi connectivity index (χ0) is 12.0. The summed E-state index contributed by atoms with van der Waals surface area (Å²) >= 11 is 0. The summed E-state index contributed by atoms with van der Waals surface area (Å²) in [5, 5.41) is 2.90. The molecule has 0 bridgehead atoms. The van der Waals surface area contributed by atoms with E-state index in [4.69, 9.17) is 10.5 Å². The van der Waals surface area contributed by atoms with Crippen LogP contribution in [0.15, 0.2) is 0 Å². The summed E-state index contributed by atoms with van der Waals surface area (Å²) in [6.45, 7) is 8.48. The summed E-state index contributed by atoms with van der Waals surface area (Å²) in [4.78, 5) is 13.8. The van der Waals surface area contributed by atoms with Gasteiger partial charge in [-0.3, -0.25) is 9.69 Å². The average Bonchev–Trinajstić information content (AvgIpc) is 2.30. The molecule has 1 heterocycles. The molecule has 1 aliphatic rings. The number of nitrogens with two attached hydrogens (primary N) is 1. The molecule has 1 saturated heterocycles. The molecule has 0 aliphatic carbocycles. The molecule has 3 N–H and O–H groups in total. The van der Waals surface area contributed by atoms with Gasteiger partial charge in [-0.05, 0) is 6.92 Å². The van der Waals surface area contributed by atoms with Gasteiger partial charge in [0.15, 0.2) is 0 Å². The summed E-state index contributed by atoms with van der Waals surface area (Å²) < 4.78 is 5.35. The van der Waals surface area contributed by atoms with E-state index in [2.05, 4.69) is 17.1 Å². The van der Waals surface area contributed by atoms with Crippen LogP contribution in [0.1, 0.15) is 13.8 Å². The molecule has 0 aromatic carbocycles. The number of carbonyl (C=O) groups is 1. The average molecular weight is 229 g/mol. The first-order valence-corrected chi connectivity index (χ1v) is 5.94. The molecule has 0 spiro atoms. The summed E-state index contributed by atoms with van der Waals surface area (Å²) in [7, 11) is 0. The Labute approximate surface area is 97.3 Å². The van der Waals surface area contributed by atoms with Gasteiger partial charge in [0.05, 0.1) is 13.2 Å². The van der Waals surface area contributed by atoms with Crippen molar-refractivity contribution in [3.8, 4) is 0 Å². The first-order valence-electron chi connectivity index (χ1n) is 5.94. The highest BCUT2D eigenvalue weighted by molar-refractivity contribution is 5.78. The molecule has 1 amide bonds. The minimum Gasteiger partial charge on any atom is -0.379 e. The van der Waals surface area contributed by atoms with Gasteiger partial charge in [-0.25, -0.2) is 0 Å². The van der Waals surface area contributed by atoms with Crippen LogP contribution in [0.5, 0.6) is 0 Å². The number of nitrogens with zero attached hydrogens (tertiary/aromatic N) is 1. The Morgan fingerprint density at radius 1 is 1.69 bits per heavy atom. The number of carbonyl (C=O) groups excluding carboxylic acids is 1. The van der Waals surface area contributed by atoms with Gasteiger partial charge in [0.1, 0.15) is 0 Å².